The molecule has 0 saturated heterocycles. The van der Waals surface area contributed by atoms with E-state index >= 15 is 0 Å². The van der Waals surface area contributed by atoms with E-state index in [2.05, 4.69) is 6.92 Å². The largest absolute Gasteiger partial charge is 0.393 e. The summed E-state index contributed by atoms with van der Waals surface area (Å²) in [4.78, 5) is 0. The average molecular weight is 128 g/mol. The fourth-order valence-corrected chi connectivity index (χ4v) is 1.35. The van der Waals surface area contributed by atoms with Crippen LogP contribution in [-0.2, 0) is 0 Å². The normalized spacial score (nSPS) is 34.0. The predicted molar refractivity (Wildman–Crippen MR) is 38.3 cm³/mol. The second-order valence-corrected chi connectivity index (χ2v) is 3.05. The van der Waals surface area contributed by atoms with Gasteiger partial charge in [-0.05, 0) is 25.2 Å². The van der Waals surface area contributed by atoms with Gasteiger partial charge in [0.25, 0.3) is 0 Å². The highest BCUT2D eigenvalue weighted by molar-refractivity contribution is 4.79. The van der Waals surface area contributed by atoms with Gasteiger partial charge < -0.3 is 5.11 Å². The maximum absolute atomic E-state index is 9.13. The third-order valence-corrected chi connectivity index (χ3v) is 2.31. The Balaban J connectivity index is 1.99. The quantitative estimate of drug-likeness (QED) is 0.616. The summed E-state index contributed by atoms with van der Waals surface area (Å²) in [5.74, 6) is 0.657. The lowest BCUT2D eigenvalue weighted by Gasteiger charge is -2.32. The molecular formula is C8H16O. The zero-order valence-electron chi connectivity index (χ0n) is 6.14. The average Bonchev–Trinajstić information content (AvgIpc) is 1.86. The van der Waals surface area contributed by atoms with Gasteiger partial charge in [0.2, 0.25) is 0 Å². The van der Waals surface area contributed by atoms with Crippen LogP contribution in [0.15, 0.2) is 0 Å². The van der Waals surface area contributed by atoms with E-state index in [9.17, 15) is 0 Å². The first-order valence-corrected chi connectivity index (χ1v) is 4.02. The first-order valence-electron chi connectivity index (χ1n) is 4.02. The van der Waals surface area contributed by atoms with Crippen LogP contribution in [0, 0.1) is 5.92 Å². The van der Waals surface area contributed by atoms with Gasteiger partial charge >= 0.3 is 0 Å². The molecular weight excluding hydrogens is 112 g/mol. The molecule has 0 amide bonds. The van der Waals surface area contributed by atoms with E-state index < -0.39 is 0 Å². The SMILES string of the molecule is CCCCC1CCC1O. The van der Waals surface area contributed by atoms with Crippen molar-refractivity contribution in [2.45, 2.75) is 45.1 Å². The van der Waals surface area contributed by atoms with Crippen LogP contribution >= 0.6 is 0 Å². The van der Waals surface area contributed by atoms with Crippen LogP contribution in [0.3, 0.4) is 0 Å². The number of aliphatic hydroxyl groups is 1. The van der Waals surface area contributed by atoms with Crippen molar-refractivity contribution in [1.29, 1.82) is 0 Å². The van der Waals surface area contributed by atoms with Gasteiger partial charge in [-0.15, -0.1) is 0 Å². The van der Waals surface area contributed by atoms with Crippen molar-refractivity contribution in [2.75, 3.05) is 0 Å². The van der Waals surface area contributed by atoms with Crippen LogP contribution in [-0.4, -0.2) is 11.2 Å². The molecule has 0 aliphatic heterocycles. The highest BCUT2D eigenvalue weighted by Crippen LogP contribution is 2.31. The molecule has 1 aliphatic carbocycles. The summed E-state index contributed by atoms with van der Waals surface area (Å²) in [5.41, 5.74) is 0. The molecule has 1 rings (SSSR count). The minimum Gasteiger partial charge on any atom is -0.393 e. The molecule has 0 heterocycles. The molecule has 1 aliphatic rings. The summed E-state index contributed by atoms with van der Waals surface area (Å²) < 4.78 is 0. The Morgan fingerprint density at radius 2 is 2.22 bits per heavy atom. The Bertz CT molecular complexity index is 80.6. The number of hydrogen-bond donors (Lipinski definition) is 1. The van der Waals surface area contributed by atoms with E-state index in [1.807, 2.05) is 0 Å². The van der Waals surface area contributed by atoms with Crippen molar-refractivity contribution < 1.29 is 5.11 Å². The molecule has 0 aromatic carbocycles. The first-order chi connectivity index (χ1) is 4.34. The Morgan fingerprint density at radius 3 is 2.56 bits per heavy atom. The van der Waals surface area contributed by atoms with Crippen molar-refractivity contribution in [3.8, 4) is 0 Å². The molecule has 2 unspecified atom stereocenters. The maximum Gasteiger partial charge on any atom is 0.0568 e. The zero-order valence-corrected chi connectivity index (χ0v) is 6.14. The van der Waals surface area contributed by atoms with Crippen LogP contribution in [0.4, 0.5) is 0 Å². The predicted octanol–water partition coefficient (Wildman–Crippen LogP) is 1.95. The molecule has 1 saturated carbocycles. The van der Waals surface area contributed by atoms with Crippen LogP contribution in [0.25, 0.3) is 0 Å². The lowest BCUT2D eigenvalue weighted by atomic mass is 9.79. The zero-order chi connectivity index (χ0) is 6.69. The third-order valence-electron chi connectivity index (χ3n) is 2.31. The van der Waals surface area contributed by atoms with Crippen molar-refractivity contribution in [2.24, 2.45) is 5.92 Å². The van der Waals surface area contributed by atoms with Gasteiger partial charge in [-0.25, -0.2) is 0 Å². The summed E-state index contributed by atoms with van der Waals surface area (Å²) in [6.07, 6.45) is 6.18. The van der Waals surface area contributed by atoms with E-state index in [1.54, 1.807) is 0 Å². The summed E-state index contributed by atoms with van der Waals surface area (Å²) in [6, 6.07) is 0. The van der Waals surface area contributed by atoms with Gasteiger partial charge in [-0.3, -0.25) is 0 Å². The van der Waals surface area contributed by atoms with Crippen LogP contribution < -0.4 is 0 Å². The molecule has 54 valence electrons. The topological polar surface area (TPSA) is 20.2 Å². The molecule has 1 nitrogen and oxygen atoms in total. The van der Waals surface area contributed by atoms with Gasteiger partial charge in [0, 0.05) is 0 Å². The fourth-order valence-electron chi connectivity index (χ4n) is 1.35. The number of hydrogen-bond acceptors (Lipinski definition) is 1. The molecule has 0 bridgehead atoms. The molecule has 0 radical (unpaired) electrons. The third kappa shape index (κ3) is 1.68. The van der Waals surface area contributed by atoms with Crippen molar-refractivity contribution >= 4 is 0 Å². The minimum absolute atomic E-state index is 0.0524. The Hall–Kier alpha value is -0.0400. The lowest BCUT2D eigenvalue weighted by Crippen LogP contribution is -2.30. The molecule has 1 fully saturated rings. The Morgan fingerprint density at radius 1 is 1.44 bits per heavy atom. The lowest BCUT2D eigenvalue weighted by molar-refractivity contribution is 0.0184. The van der Waals surface area contributed by atoms with Crippen molar-refractivity contribution in [3.05, 3.63) is 0 Å². The van der Waals surface area contributed by atoms with E-state index in [0.29, 0.717) is 5.92 Å². The molecule has 2 atom stereocenters. The fraction of sp³-hybridized carbons (Fsp3) is 1.00. The van der Waals surface area contributed by atoms with Gasteiger partial charge in [0.15, 0.2) is 0 Å². The highest BCUT2D eigenvalue weighted by atomic mass is 16.3. The summed E-state index contributed by atoms with van der Waals surface area (Å²) in [6.45, 7) is 2.20. The smallest absolute Gasteiger partial charge is 0.0568 e. The second kappa shape index (κ2) is 3.21. The molecule has 1 N–H and O–H groups in total. The van der Waals surface area contributed by atoms with Gasteiger partial charge in [0.1, 0.15) is 0 Å². The second-order valence-electron chi connectivity index (χ2n) is 3.05. The van der Waals surface area contributed by atoms with Crippen molar-refractivity contribution in [1.82, 2.24) is 0 Å². The Labute approximate surface area is 57.1 Å². The number of aliphatic hydroxyl groups excluding tert-OH is 1. The van der Waals surface area contributed by atoms with Crippen LogP contribution in [0.1, 0.15) is 39.0 Å². The molecule has 0 aromatic heterocycles. The van der Waals surface area contributed by atoms with Crippen molar-refractivity contribution in [3.63, 3.8) is 0 Å². The van der Waals surface area contributed by atoms with E-state index in [4.69, 9.17) is 5.11 Å². The summed E-state index contributed by atoms with van der Waals surface area (Å²) >= 11 is 0. The molecule has 0 aromatic rings. The number of rotatable bonds is 3. The summed E-state index contributed by atoms with van der Waals surface area (Å²) in [5, 5.41) is 9.13. The maximum atomic E-state index is 9.13. The van der Waals surface area contributed by atoms with E-state index in [0.717, 1.165) is 6.42 Å². The van der Waals surface area contributed by atoms with Gasteiger partial charge in [0.05, 0.1) is 6.10 Å². The first kappa shape index (κ1) is 7.07. The van der Waals surface area contributed by atoms with Gasteiger partial charge in [-0.1, -0.05) is 19.8 Å². The highest BCUT2D eigenvalue weighted by Gasteiger charge is 2.27. The molecule has 0 spiro atoms. The van der Waals surface area contributed by atoms with Gasteiger partial charge in [-0.2, -0.15) is 0 Å². The van der Waals surface area contributed by atoms with E-state index in [1.165, 1.54) is 25.7 Å². The number of unbranched alkanes of at least 4 members (excludes halogenated alkanes) is 1. The van der Waals surface area contributed by atoms with Crippen LogP contribution in [0.2, 0.25) is 0 Å². The molecule has 9 heavy (non-hydrogen) atoms. The monoisotopic (exact) mass is 128 g/mol. The minimum atomic E-state index is 0.0524. The van der Waals surface area contributed by atoms with E-state index in [-0.39, 0.29) is 6.10 Å². The standard InChI is InChI=1S/C8H16O/c1-2-3-4-7-5-6-8(7)9/h7-9H,2-6H2,1H3. The Kier molecular flexibility index (Phi) is 2.52. The van der Waals surface area contributed by atoms with Crippen LogP contribution in [0.5, 0.6) is 0 Å². The molecule has 1 heteroatoms. The summed E-state index contributed by atoms with van der Waals surface area (Å²) in [7, 11) is 0.